The van der Waals surface area contributed by atoms with Gasteiger partial charge in [-0.1, -0.05) is 48.6 Å². The van der Waals surface area contributed by atoms with Crippen molar-refractivity contribution in [2.24, 2.45) is 0 Å². The molecular weight excluding hydrogens is 453 g/mol. The summed E-state index contributed by atoms with van der Waals surface area (Å²) in [6.45, 7) is 4.81. The first-order valence-corrected chi connectivity index (χ1v) is 12.6. The summed E-state index contributed by atoms with van der Waals surface area (Å²) in [7, 11) is 1.30. The number of carbonyl (C=O) groups excluding carboxylic acids is 1. The van der Waals surface area contributed by atoms with Crippen molar-refractivity contribution >= 4 is 12.0 Å². The SMILES string of the molecule is COC(=O)c1ccc(F)cc1C.C[C@@H](NCC1CCc2ccccc2O1)c1cccc2c1C=CCC2. The fourth-order valence-electron chi connectivity index (χ4n) is 4.78. The molecule has 36 heavy (non-hydrogen) atoms. The number of allylic oxidation sites excluding steroid dienone is 1. The maximum atomic E-state index is 12.6. The number of ether oxygens (including phenoxy) is 2. The number of hydrogen-bond donors (Lipinski definition) is 1. The van der Waals surface area contributed by atoms with Crippen molar-refractivity contribution < 1.29 is 18.7 Å². The number of para-hydroxylation sites is 1. The Morgan fingerprint density at radius 1 is 1.11 bits per heavy atom. The Morgan fingerprint density at radius 2 is 1.92 bits per heavy atom. The highest BCUT2D eigenvalue weighted by Gasteiger charge is 2.21. The number of benzene rings is 3. The highest BCUT2D eigenvalue weighted by molar-refractivity contribution is 5.90. The van der Waals surface area contributed by atoms with E-state index >= 15 is 0 Å². The monoisotopic (exact) mass is 487 g/mol. The summed E-state index contributed by atoms with van der Waals surface area (Å²) in [5.41, 5.74) is 6.62. The van der Waals surface area contributed by atoms with Crippen LogP contribution in [0.15, 0.2) is 66.7 Å². The molecule has 0 amide bonds. The van der Waals surface area contributed by atoms with Crippen LogP contribution in [0.25, 0.3) is 6.08 Å². The Kier molecular flexibility index (Phi) is 8.55. The number of nitrogens with one attached hydrogen (secondary N) is 1. The molecule has 1 N–H and O–H groups in total. The molecule has 5 heteroatoms. The Labute approximate surface area is 213 Å². The van der Waals surface area contributed by atoms with Crippen LogP contribution in [0.4, 0.5) is 4.39 Å². The molecule has 0 spiro atoms. The number of rotatable bonds is 5. The van der Waals surface area contributed by atoms with Crippen molar-refractivity contribution in [2.45, 2.75) is 51.7 Å². The van der Waals surface area contributed by atoms with Gasteiger partial charge in [-0.15, -0.1) is 0 Å². The first-order chi connectivity index (χ1) is 17.5. The lowest BCUT2D eigenvalue weighted by Crippen LogP contribution is -2.35. The van der Waals surface area contributed by atoms with E-state index in [1.807, 2.05) is 0 Å². The van der Waals surface area contributed by atoms with Gasteiger partial charge >= 0.3 is 5.97 Å². The predicted octanol–water partition coefficient (Wildman–Crippen LogP) is 6.61. The number of carbonyl (C=O) groups is 1. The van der Waals surface area contributed by atoms with Crippen molar-refractivity contribution in [1.82, 2.24) is 5.32 Å². The summed E-state index contributed by atoms with van der Waals surface area (Å²) >= 11 is 0. The van der Waals surface area contributed by atoms with Gasteiger partial charge in [0.1, 0.15) is 17.7 Å². The summed E-state index contributed by atoms with van der Waals surface area (Å²) in [6.07, 6.45) is 9.36. The molecule has 5 rings (SSSR count). The molecule has 3 aromatic rings. The highest BCUT2D eigenvalue weighted by Crippen LogP contribution is 2.29. The van der Waals surface area contributed by atoms with E-state index in [1.54, 1.807) is 6.92 Å². The molecule has 1 unspecified atom stereocenters. The molecule has 0 bridgehead atoms. The molecule has 2 aliphatic rings. The van der Waals surface area contributed by atoms with E-state index in [0.717, 1.165) is 38.0 Å². The molecule has 0 fully saturated rings. The Hall–Kier alpha value is -3.44. The molecule has 1 aliphatic carbocycles. The van der Waals surface area contributed by atoms with Gasteiger partial charge in [0.05, 0.1) is 12.7 Å². The Balaban J connectivity index is 0.000000214. The lowest BCUT2D eigenvalue weighted by Gasteiger charge is -2.28. The molecule has 2 atom stereocenters. The number of methoxy groups -OCH3 is 1. The highest BCUT2D eigenvalue weighted by atomic mass is 19.1. The van der Waals surface area contributed by atoms with Gasteiger partial charge in [-0.25, -0.2) is 9.18 Å². The van der Waals surface area contributed by atoms with Gasteiger partial charge < -0.3 is 14.8 Å². The Bertz CT molecular complexity index is 1240. The third kappa shape index (κ3) is 6.21. The molecule has 1 aliphatic heterocycles. The second-order valence-electron chi connectivity index (χ2n) is 9.33. The topological polar surface area (TPSA) is 47.6 Å². The fourth-order valence-corrected chi connectivity index (χ4v) is 4.78. The number of esters is 1. The summed E-state index contributed by atoms with van der Waals surface area (Å²) in [5, 5.41) is 3.69. The van der Waals surface area contributed by atoms with Crippen LogP contribution in [0, 0.1) is 12.7 Å². The van der Waals surface area contributed by atoms with Gasteiger partial charge in [-0.3, -0.25) is 0 Å². The summed E-state index contributed by atoms with van der Waals surface area (Å²) < 4.78 is 23.2. The average Bonchev–Trinajstić information content (AvgIpc) is 2.91. The van der Waals surface area contributed by atoms with Crippen LogP contribution >= 0.6 is 0 Å². The van der Waals surface area contributed by atoms with Crippen LogP contribution in [0.3, 0.4) is 0 Å². The maximum Gasteiger partial charge on any atom is 0.338 e. The molecule has 188 valence electrons. The standard InChI is InChI=1S/C22H25NO.C9H9FO2/c1-16(20-11-6-9-17-7-2-4-10-21(17)20)23-15-19-14-13-18-8-3-5-12-22(18)24-19;1-6-5-7(10)3-4-8(6)9(11)12-2/h3-6,8-12,16,19,23H,2,7,13-15H2,1H3;3-5H,1-2H3/t16-,19?;/m1./s1. The second-order valence-corrected chi connectivity index (χ2v) is 9.33. The lowest BCUT2D eigenvalue weighted by molar-refractivity contribution is 0.0600. The van der Waals surface area contributed by atoms with Gasteiger partial charge in [0.15, 0.2) is 0 Å². The molecule has 3 aromatic carbocycles. The minimum atomic E-state index is -0.438. The molecule has 1 heterocycles. The maximum absolute atomic E-state index is 12.6. The van der Waals surface area contributed by atoms with Crippen molar-refractivity contribution in [3.63, 3.8) is 0 Å². The van der Waals surface area contributed by atoms with E-state index in [-0.39, 0.29) is 11.9 Å². The zero-order valence-corrected chi connectivity index (χ0v) is 21.2. The first kappa shape index (κ1) is 25.6. The average molecular weight is 488 g/mol. The third-order valence-electron chi connectivity index (χ3n) is 6.81. The minimum Gasteiger partial charge on any atom is -0.489 e. The van der Waals surface area contributed by atoms with Crippen LogP contribution in [0.5, 0.6) is 5.75 Å². The van der Waals surface area contributed by atoms with Crippen molar-refractivity contribution in [2.75, 3.05) is 13.7 Å². The van der Waals surface area contributed by atoms with Gasteiger partial charge in [0, 0.05) is 12.6 Å². The van der Waals surface area contributed by atoms with E-state index in [0.29, 0.717) is 17.2 Å². The first-order valence-electron chi connectivity index (χ1n) is 12.6. The van der Waals surface area contributed by atoms with Crippen LogP contribution in [-0.4, -0.2) is 25.7 Å². The summed E-state index contributed by atoms with van der Waals surface area (Å²) in [4.78, 5) is 11.0. The van der Waals surface area contributed by atoms with Crippen LogP contribution in [-0.2, 0) is 17.6 Å². The molecule has 0 saturated heterocycles. The van der Waals surface area contributed by atoms with Gasteiger partial charge in [-0.05, 0) is 91.6 Å². The smallest absolute Gasteiger partial charge is 0.338 e. The van der Waals surface area contributed by atoms with Gasteiger partial charge in [0.25, 0.3) is 0 Å². The predicted molar refractivity (Wildman–Crippen MR) is 142 cm³/mol. The van der Waals surface area contributed by atoms with E-state index in [1.165, 1.54) is 47.6 Å². The van der Waals surface area contributed by atoms with Crippen molar-refractivity contribution in [1.29, 1.82) is 0 Å². The quantitative estimate of drug-likeness (QED) is 0.411. The third-order valence-corrected chi connectivity index (χ3v) is 6.81. The largest absolute Gasteiger partial charge is 0.489 e. The zero-order chi connectivity index (χ0) is 25.5. The normalized spacial score (nSPS) is 16.5. The molecule has 0 saturated carbocycles. The second kappa shape index (κ2) is 12.0. The number of fused-ring (bicyclic) bond motifs is 2. The van der Waals surface area contributed by atoms with E-state index < -0.39 is 5.97 Å². The summed E-state index contributed by atoms with van der Waals surface area (Å²) in [5.74, 6) is 0.274. The van der Waals surface area contributed by atoms with Crippen molar-refractivity contribution in [3.8, 4) is 5.75 Å². The molecule has 0 radical (unpaired) electrons. The molecule has 0 aromatic heterocycles. The lowest BCUT2D eigenvalue weighted by atomic mass is 9.90. The van der Waals surface area contributed by atoms with Gasteiger partial charge in [-0.2, -0.15) is 0 Å². The zero-order valence-electron chi connectivity index (χ0n) is 21.2. The van der Waals surface area contributed by atoms with E-state index in [2.05, 4.69) is 71.6 Å². The van der Waals surface area contributed by atoms with Crippen LogP contribution < -0.4 is 10.1 Å². The molecular formula is C31H34FNO3. The Morgan fingerprint density at radius 3 is 2.72 bits per heavy atom. The van der Waals surface area contributed by atoms with Crippen LogP contribution in [0.2, 0.25) is 0 Å². The summed E-state index contributed by atoms with van der Waals surface area (Å²) in [6, 6.07) is 19.4. The fraction of sp³-hybridized carbons (Fsp3) is 0.323. The van der Waals surface area contributed by atoms with Crippen LogP contribution in [0.1, 0.15) is 64.0 Å². The van der Waals surface area contributed by atoms with E-state index in [9.17, 15) is 9.18 Å². The van der Waals surface area contributed by atoms with Gasteiger partial charge in [0.2, 0.25) is 0 Å². The number of hydrogen-bond acceptors (Lipinski definition) is 4. The number of halogens is 1. The molecule has 4 nitrogen and oxygen atoms in total. The van der Waals surface area contributed by atoms with E-state index in [4.69, 9.17) is 4.74 Å². The minimum absolute atomic E-state index is 0.262. The number of aryl methyl sites for hydroxylation is 3. The van der Waals surface area contributed by atoms with Crippen molar-refractivity contribution in [3.05, 3.63) is 106 Å².